The molecule has 3 unspecified atom stereocenters. The summed E-state index contributed by atoms with van der Waals surface area (Å²) in [6, 6.07) is 0.657. The molecule has 3 heteroatoms. The summed E-state index contributed by atoms with van der Waals surface area (Å²) in [6.45, 7) is 6.18. The Morgan fingerprint density at radius 2 is 2.14 bits per heavy atom. The van der Waals surface area contributed by atoms with E-state index in [1.807, 2.05) is 0 Å². The second-order valence-corrected chi connectivity index (χ2v) is 4.53. The Labute approximate surface area is 87.6 Å². The van der Waals surface area contributed by atoms with Crippen LogP contribution in [0.1, 0.15) is 33.1 Å². The second-order valence-electron chi connectivity index (χ2n) is 4.53. The van der Waals surface area contributed by atoms with Crippen LogP contribution in [0.5, 0.6) is 0 Å². The molecule has 2 N–H and O–H groups in total. The predicted molar refractivity (Wildman–Crippen MR) is 59.3 cm³/mol. The summed E-state index contributed by atoms with van der Waals surface area (Å²) in [4.78, 5) is 2.31. The molecule has 0 aromatic heterocycles. The van der Waals surface area contributed by atoms with E-state index in [9.17, 15) is 0 Å². The van der Waals surface area contributed by atoms with Gasteiger partial charge in [0.25, 0.3) is 0 Å². The van der Waals surface area contributed by atoms with Gasteiger partial charge < -0.3 is 10.5 Å². The molecule has 0 radical (unpaired) electrons. The number of nitrogens with two attached hydrogens (primary N) is 1. The molecule has 0 amide bonds. The first-order chi connectivity index (χ1) is 6.61. The molecule has 0 aliphatic carbocycles. The lowest BCUT2D eigenvalue weighted by molar-refractivity contribution is -0.00820. The average Bonchev–Trinajstić information content (AvgIpc) is 2.18. The average molecular weight is 200 g/mol. The van der Waals surface area contributed by atoms with Gasteiger partial charge in [-0.05, 0) is 40.2 Å². The molecule has 0 aromatic rings. The third-order valence-corrected chi connectivity index (χ3v) is 3.22. The van der Waals surface area contributed by atoms with Crippen molar-refractivity contribution in [2.45, 2.75) is 51.3 Å². The van der Waals surface area contributed by atoms with Gasteiger partial charge in [0.1, 0.15) is 0 Å². The molecule has 0 aromatic carbocycles. The van der Waals surface area contributed by atoms with Gasteiger partial charge in [0.2, 0.25) is 0 Å². The van der Waals surface area contributed by atoms with Crippen LogP contribution in [-0.4, -0.2) is 43.3 Å². The molecule has 1 aliphatic rings. The first kappa shape index (κ1) is 12.0. The van der Waals surface area contributed by atoms with Crippen molar-refractivity contribution >= 4 is 0 Å². The van der Waals surface area contributed by atoms with Crippen molar-refractivity contribution in [3.8, 4) is 0 Å². The van der Waals surface area contributed by atoms with Crippen LogP contribution >= 0.6 is 0 Å². The molecule has 0 saturated carbocycles. The maximum Gasteiger partial charge on any atom is 0.0702 e. The summed E-state index contributed by atoms with van der Waals surface area (Å²) in [7, 11) is 2.13. The zero-order valence-electron chi connectivity index (χ0n) is 9.70. The van der Waals surface area contributed by atoms with Crippen molar-refractivity contribution in [2.24, 2.45) is 5.73 Å². The van der Waals surface area contributed by atoms with E-state index < -0.39 is 0 Å². The minimum atomic E-state index is 0.226. The summed E-state index contributed by atoms with van der Waals surface area (Å²) >= 11 is 0. The molecule has 3 atom stereocenters. The molecular weight excluding hydrogens is 176 g/mol. The standard InChI is InChI=1S/C11H24N2O/c1-9(12)10(2)13(3)8-11-6-4-5-7-14-11/h9-11H,4-8,12H2,1-3H3. The molecular formula is C11H24N2O. The van der Waals surface area contributed by atoms with Gasteiger partial charge in [0, 0.05) is 25.2 Å². The molecule has 0 bridgehead atoms. The second kappa shape index (κ2) is 5.69. The van der Waals surface area contributed by atoms with Gasteiger partial charge >= 0.3 is 0 Å². The molecule has 1 aliphatic heterocycles. The van der Waals surface area contributed by atoms with Gasteiger partial charge in [-0.25, -0.2) is 0 Å². The first-order valence-corrected chi connectivity index (χ1v) is 5.68. The minimum Gasteiger partial charge on any atom is -0.377 e. The van der Waals surface area contributed by atoms with E-state index in [4.69, 9.17) is 10.5 Å². The minimum absolute atomic E-state index is 0.226. The van der Waals surface area contributed by atoms with E-state index in [0.717, 1.165) is 13.2 Å². The van der Waals surface area contributed by atoms with E-state index in [-0.39, 0.29) is 6.04 Å². The zero-order chi connectivity index (χ0) is 10.6. The largest absolute Gasteiger partial charge is 0.377 e. The molecule has 1 fully saturated rings. The van der Waals surface area contributed by atoms with Crippen LogP contribution in [-0.2, 0) is 4.74 Å². The summed E-state index contributed by atoms with van der Waals surface area (Å²) in [5.41, 5.74) is 5.86. The van der Waals surface area contributed by atoms with Crippen LogP contribution in [0, 0.1) is 0 Å². The lowest BCUT2D eigenvalue weighted by Crippen LogP contribution is -2.46. The lowest BCUT2D eigenvalue weighted by atomic mass is 10.1. The van der Waals surface area contributed by atoms with Crippen molar-refractivity contribution in [1.82, 2.24) is 4.90 Å². The smallest absolute Gasteiger partial charge is 0.0702 e. The Morgan fingerprint density at radius 1 is 1.43 bits per heavy atom. The van der Waals surface area contributed by atoms with E-state index >= 15 is 0 Å². The van der Waals surface area contributed by atoms with Crippen molar-refractivity contribution in [3.63, 3.8) is 0 Å². The number of hydrogen-bond acceptors (Lipinski definition) is 3. The Kier molecular flexibility index (Phi) is 4.85. The van der Waals surface area contributed by atoms with Gasteiger partial charge in [-0.3, -0.25) is 4.90 Å². The molecule has 1 saturated heterocycles. The molecule has 3 nitrogen and oxygen atoms in total. The molecule has 1 heterocycles. The Balaban J connectivity index is 2.27. The fraction of sp³-hybridized carbons (Fsp3) is 1.00. The monoisotopic (exact) mass is 200 g/mol. The number of nitrogens with zero attached hydrogens (tertiary/aromatic N) is 1. The van der Waals surface area contributed by atoms with Crippen molar-refractivity contribution < 1.29 is 4.74 Å². The summed E-state index contributed by atoms with van der Waals surface area (Å²) in [5, 5.41) is 0. The summed E-state index contributed by atoms with van der Waals surface area (Å²) < 4.78 is 5.70. The quantitative estimate of drug-likeness (QED) is 0.741. The van der Waals surface area contributed by atoms with Crippen LogP contribution < -0.4 is 5.73 Å². The number of hydrogen-bond donors (Lipinski definition) is 1. The van der Waals surface area contributed by atoms with Crippen LogP contribution in [0.4, 0.5) is 0 Å². The Hall–Kier alpha value is -0.120. The van der Waals surface area contributed by atoms with Crippen LogP contribution in [0.2, 0.25) is 0 Å². The van der Waals surface area contributed by atoms with E-state index in [1.54, 1.807) is 0 Å². The number of likely N-dealkylation sites (N-methyl/N-ethyl adjacent to an activating group) is 1. The van der Waals surface area contributed by atoms with Gasteiger partial charge in [-0.1, -0.05) is 0 Å². The van der Waals surface area contributed by atoms with Gasteiger partial charge in [0.15, 0.2) is 0 Å². The highest BCUT2D eigenvalue weighted by Gasteiger charge is 2.20. The normalized spacial score (nSPS) is 27.6. The maximum absolute atomic E-state index is 5.86. The summed E-state index contributed by atoms with van der Waals surface area (Å²) in [5.74, 6) is 0. The number of ether oxygens (including phenoxy) is 1. The number of rotatable bonds is 4. The van der Waals surface area contributed by atoms with Crippen molar-refractivity contribution in [3.05, 3.63) is 0 Å². The lowest BCUT2D eigenvalue weighted by Gasteiger charge is -2.32. The fourth-order valence-corrected chi connectivity index (χ4v) is 1.84. The topological polar surface area (TPSA) is 38.5 Å². The SMILES string of the molecule is CC(N)C(C)N(C)CC1CCCCO1. The molecule has 14 heavy (non-hydrogen) atoms. The van der Waals surface area contributed by atoms with E-state index in [2.05, 4.69) is 25.8 Å². The maximum atomic E-state index is 5.86. The predicted octanol–water partition coefficient (Wildman–Crippen LogP) is 1.22. The highest BCUT2D eigenvalue weighted by atomic mass is 16.5. The van der Waals surface area contributed by atoms with Crippen LogP contribution in [0.15, 0.2) is 0 Å². The van der Waals surface area contributed by atoms with Gasteiger partial charge in [-0.2, -0.15) is 0 Å². The van der Waals surface area contributed by atoms with Crippen molar-refractivity contribution in [2.75, 3.05) is 20.2 Å². The third kappa shape index (κ3) is 3.56. The molecule has 0 spiro atoms. The highest BCUT2D eigenvalue weighted by molar-refractivity contribution is 4.76. The molecule has 1 rings (SSSR count). The van der Waals surface area contributed by atoms with Gasteiger partial charge in [-0.15, -0.1) is 0 Å². The Morgan fingerprint density at radius 3 is 2.64 bits per heavy atom. The van der Waals surface area contributed by atoms with E-state index in [0.29, 0.717) is 12.1 Å². The van der Waals surface area contributed by atoms with Crippen molar-refractivity contribution in [1.29, 1.82) is 0 Å². The van der Waals surface area contributed by atoms with E-state index in [1.165, 1.54) is 19.3 Å². The highest BCUT2D eigenvalue weighted by Crippen LogP contribution is 2.14. The third-order valence-electron chi connectivity index (χ3n) is 3.22. The first-order valence-electron chi connectivity index (χ1n) is 5.68. The van der Waals surface area contributed by atoms with Gasteiger partial charge in [0.05, 0.1) is 6.10 Å². The zero-order valence-corrected chi connectivity index (χ0v) is 9.70. The van der Waals surface area contributed by atoms with Crippen LogP contribution in [0.3, 0.4) is 0 Å². The van der Waals surface area contributed by atoms with Crippen LogP contribution in [0.25, 0.3) is 0 Å². The molecule has 84 valence electrons. The Bertz CT molecular complexity index is 155. The summed E-state index contributed by atoms with van der Waals surface area (Å²) in [6.07, 6.45) is 4.17. The fourth-order valence-electron chi connectivity index (χ4n) is 1.84.